The minimum absolute atomic E-state index is 0.0203. The second-order valence-electron chi connectivity index (χ2n) is 10.1. The molecule has 5 rings (SSSR count). The van der Waals surface area contributed by atoms with E-state index in [1.165, 1.54) is 11.1 Å². The lowest BCUT2D eigenvalue weighted by Gasteiger charge is -2.51. The molecular formula is C27H33N3O2. The van der Waals surface area contributed by atoms with Crippen LogP contribution in [0, 0.1) is 25.2 Å². The van der Waals surface area contributed by atoms with Crippen LogP contribution in [0.4, 0.5) is 0 Å². The highest BCUT2D eigenvalue weighted by Gasteiger charge is 2.58. The van der Waals surface area contributed by atoms with Crippen molar-refractivity contribution < 1.29 is 9.59 Å². The van der Waals surface area contributed by atoms with Gasteiger partial charge >= 0.3 is 0 Å². The molecule has 1 atom stereocenters. The summed E-state index contributed by atoms with van der Waals surface area (Å²) in [5.41, 5.74) is 4.25. The van der Waals surface area contributed by atoms with Crippen LogP contribution >= 0.6 is 0 Å². The van der Waals surface area contributed by atoms with Crippen LogP contribution in [0.25, 0.3) is 0 Å². The quantitative estimate of drug-likeness (QED) is 0.744. The largest absolute Gasteiger partial charge is 0.342 e. The molecular weight excluding hydrogens is 398 g/mol. The van der Waals surface area contributed by atoms with E-state index in [0.717, 1.165) is 56.7 Å². The van der Waals surface area contributed by atoms with Gasteiger partial charge in [-0.25, -0.2) is 0 Å². The van der Waals surface area contributed by atoms with E-state index in [-0.39, 0.29) is 17.2 Å². The molecule has 0 aromatic heterocycles. The van der Waals surface area contributed by atoms with Crippen molar-refractivity contribution in [2.75, 3.05) is 39.3 Å². The zero-order valence-electron chi connectivity index (χ0n) is 19.2. The normalized spacial score (nSPS) is 22.4. The molecule has 0 bridgehead atoms. The summed E-state index contributed by atoms with van der Waals surface area (Å²) in [7, 11) is 0. The summed E-state index contributed by atoms with van der Waals surface area (Å²) in [6.07, 6.45) is 2.22. The fourth-order valence-electron chi connectivity index (χ4n) is 5.77. The molecule has 2 amide bonds. The fourth-order valence-corrected chi connectivity index (χ4v) is 5.77. The van der Waals surface area contributed by atoms with Gasteiger partial charge < -0.3 is 9.80 Å². The Kier molecular flexibility index (Phi) is 5.54. The lowest BCUT2D eigenvalue weighted by molar-refractivity contribution is -0.141. The maximum Gasteiger partial charge on any atom is 0.253 e. The first-order valence-electron chi connectivity index (χ1n) is 11.9. The molecule has 0 N–H and O–H groups in total. The van der Waals surface area contributed by atoms with Crippen LogP contribution in [0.1, 0.15) is 39.9 Å². The third-order valence-corrected chi connectivity index (χ3v) is 7.74. The van der Waals surface area contributed by atoms with Gasteiger partial charge in [0.1, 0.15) is 0 Å². The number of likely N-dealkylation sites (tertiary alicyclic amines) is 3. The van der Waals surface area contributed by atoms with Crippen molar-refractivity contribution in [3.05, 3.63) is 70.8 Å². The zero-order chi connectivity index (χ0) is 22.3. The van der Waals surface area contributed by atoms with Crippen molar-refractivity contribution >= 4 is 11.8 Å². The topological polar surface area (TPSA) is 43.9 Å². The molecule has 3 aliphatic heterocycles. The fraction of sp³-hybridized carbons (Fsp3) is 0.481. The highest BCUT2D eigenvalue weighted by molar-refractivity contribution is 5.95. The molecule has 0 radical (unpaired) electrons. The number of carbonyl (C=O) groups is 2. The molecule has 1 spiro atoms. The number of carbonyl (C=O) groups excluding carboxylic acids is 2. The van der Waals surface area contributed by atoms with Gasteiger partial charge in [0.05, 0.1) is 5.92 Å². The first-order valence-corrected chi connectivity index (χ1v) is 11.9. The van der Waals surface area contributed by atoms with E-state index >= 15 is 0 Å². The van der Waals surface area contributed by atoms with Crippen LogP contribution in [0.15, 0.2) is 48.5 Å². The summed E-state index contributed by atoms with van der Waals surface area (Å²) in [6, 6.07) is 16.4. The molecule has 3 aliphatic rings. The Bertz CT molecular complexity index is 1010. The van der Waals surface area contributed by atoms with Crippen molar-refractivity contribution in [2.24, 2.45) is 11.3 Å². The third-order valence-electron chi connectivity index (χ3n) is 7.74. The maximum atomic E-state index is 13.5. The molecule has 3 fully saturated rings. The molecule has 0 aliphatic carbocycles. The molecule has 3 heterocycles. The lowest BCUT2D eigenvalue weighted by Crippen LogP contribution is -2.64. The number of rotatable bonds is 4. The van der Waals surface area contributed by atoms with Crippen LogP contribution in [-0.4, -0.2) is 65.8 Å². The van der Waals surface area contributed by atoms with E-state index < -0.39 is 0 Å². The second-order valence-corrected chi connectivity index (χ2v) is 10.1. The lowest BCUT2D eigenvalue weighted by atomic mass is 9.70. The number of nitrogens with zero attached hydrogens (tertiary/aromatic N) is 3. The molecule has 168 valence electrons. The summed E-state index contributed by atoms with van der Waals surface area (Å²) in [4.78, 5) is 33.1. The number of hydrogen-bond donors (Lipinski definition) is 0. The molecule has 1 unspecified atom stereocenters. The van der Waals surface area contributed by atoms with Gasteiger partial charge in [-0.2, -0.15) is 0 Å². The maximum absolute atomic E-state index is 13.5. The standard InChI is InChI=1S/C27H33N3O2/c1-20-10-11-23(14-21(20)2)25(31)30-18-27(19-30)17-28(15-22-8-4-3-5-9-22)16-24(27)26(32)29-12-6-7-13-29/h3-5,8-11,14,24H,6-7,12-13,15-19H2,1-2H3. The van der Waals surface area contributed by atoms with E-state index in [1.807, 2.05) is 36.1 Å². The van der Waals surface area contributed by atoms with Gasteiger partial charge in [-0.05, 0) is 55.5 Å². The molecule has 5 heteroatoms. The van der Waals surface area contributed by atoms with E-state index in [1.54, 1.807) is 0 Å². The summed E-state index contributed by atoms with van der Waals surface area (Å²) < 4.78 is 0. The Hall–Kier alpha value is -2.66. The molecule has 32 heavy (non-hydrogen) atoms. The number of amides is 2. The third kappa shape index (κ3) is 3.83. The van der Waals surface area contributed by atoms with E-state index in [4.69, 9.17) is 0 Å². The van der Waals surface area contributed by atoms with Gasteiger partial charge in [0.2, 0.25) is 5.91 Å². The van der Waals surface area contributed by atoms with Crippen molar-refractivity contribution in [3.8, 4) is 0 Å². The van der Waals surface area contributed by atoms with Crippen LogP contribution in [0.5, 0.6) is 0 Å². The number of hydrogen-bond acceptors (Lipinski definition) is 3. The summed E-state index contributed by atoms with van der Waals surface area (Å²) in [6.45, 7) is 9.76. The Morgan fingerprint density at radius 1 is 0.906 bits per heavy atom. The molecule has 0 saturated carbocycles. The monoisotopic (exact) mass is 431 g/mol. The Morgan fingerprint density at radius 2 is 1.62 bits per heavy atom. The van der Waals surface area contributed by atoms with Gasteiger partial charge in [0.25, 0.3) is 5.91 Å². The van der Waals surface area contributed by atoms with Crippen LogP contribution in [-0.2, 0) is 11.3 Å². The van der Waals surface area contributed by atoms with Crippen LogP contribution in [0.2, 0.25) is 0 Å². The molecule has 5 nitrogen and oxygen atoms in total. The summed E-state index contributed by atoms with van der Waals surface area (Å²) >= 11 is 0. The second kappa shape index (κ2) is 8.36. The predicted molar refractivity (Wildman–Crippen MR) is 125 cm³/mol. The van der Waals surface area contributed by atoms with Crippen molar-refractivity contribution in [1.82, 2.24) is 14.7 Å². The first kappa shape index (κ1) is 21.2. The van der Waals surface area contributed by atoms with Gasteiger partial charge in [-0.15, -0.1) is 0 Å². The van der Waals surface area contributed by atoms with Crippen LogP contribution < -0.4 is 0 Å². The zero-order valence-corrected chi connectivity index (χ0v) is 19.2. The van der Waals surface area contributed by atoms with Crippen LogP contribution in [0.3, 0.4) is 0 Å². The van der Waals surface area contributed by atoms with Gasteiger partial charge in [-0.3, -0.25) is 14.5 Å². The summed E-state index contributed by atoms with van der Waals surface area (Å²) in [5, 5.41) is 0. The van der Waals surface area contributed by atoms with Crippen molar-refractivity contribution in [1.29, 1.82) is 0 Å². The highest BCUT2D eigenvalue weighted by atomic mass is 16.2. The average Bonchev–Trinajstić information content (AvgIpc) is 3.43. The van der Waals surface area contributed by atoms with Crippen molar-refractivity contribution in [3.63, 3.8) is 0 Å². The van der Waals surface area contributed by atoms with Gasteiger partial charge in [0, 0.05) is 56.8 Å². The Morgan fingerprint density at radius 3 is 2.31 bits per heavy atom. The molecule has 2 aromatic rings. The van der Waals surface area contributed by atoms with E-state index in [9.17, 15) is 9.59 Å². The van der Waals surface area contributed by atoms with Gasteiger partial charge in [-0.1, -0.05) is 36.4 Å². The first-order chi connectivity index (χ1) is 15.4. The van der Waals surface area contributed by atoms with E-state index in [2.05, 4.69) is 41.0 Å². The van der Waals surface area contributed by atoms with Crippen molar-refractivity contribution in [2.45, 2.75) is 33.2 Å². The Balaban J connectivity index is 1.33. The van der Waals surface area contributed by atoms with Gasteiger partial charge in [0.15, 0.2) is 0 Å². The van der Waals surface area contributed by atoms with E-state index in [0.29, 0.717) is 19.0 Å². The predicted octanol–water partition coefficient (Wildman–Crippen LogP) is 3.50. The SMILES string of the molecule is Cc1ccc(C(=O)N2CC3(CN(Cc4ccccc4)CC3C(=O)N3CCCC3)C2)cc1C. The Labute approximate surface area is 191 Å². The average molecular weight is 432 g/mol. The highest BCUT2D eigenvalue weighted by Crippen LogP contribution is 2.46. The molecule has 2 aromatic carbocycles. The minimum Gasteiger partial charge on any atom is -0.342 e. The smallest absolute Gasteiger partial charge is 0.253 e. The molecule has 3 saturated heterocycles. The number of benzene rings is 2. The summed E-state index contributed by atoms with van der Waals surface area (Å²) in [5.74, 6) is 0.372. The minimum atomic E-state index is -0.121. The number of aryl methyl sites for hydroxylation is 2.